The van der Waals surface area contributed by atoms with E-state index in [0.29, 0.717) is 23.6 Å². The Kier molecular flexibility index (Phi) is 5.00. The SMILES string of the molecule is CCONC1=C(N2Cc3ccccc3C2=O)c2c(ccc(C(F)(F)F)c2C)OC1(C)C. The second-order valence-electron chi connectivity index (χ2n) is 8.03. The van der Waals surface area contributed by atoms with E-state index in [0.717, 1.165) is 11.6 Å². The maximum atomic E-state index is 13.7. The summed E-state index contributed by atoms with van der Waals surface area (Å²) in [7, 11) is 0. The van der Waals surface area contributed by atoms with Gasteiger partial charge in [-0.2, -0.15) is 13.2 Å². The van der Waals surface area contributed by atoms with Gasteiger partial charge in [0.25, 0.3) is 5.91 Å². The number of ether oxygens (including phenoxy) is 1. The Bertz CT molecular complexity index is 1090. The quantitative estimate of drug-likeness (QED) is 0.687. The van der Waals surface area contributed by atoms with E-state index in [9.17, 15) is 18.0 Å². The van der Waals surface area contributed by atoms with Crippen LogP contribution >= 0.6 is 0 Å². The number of nitrogens with one attached hydrogen (secondary N) is 1. The molecule has 0 saturated carbocycles. The average Bonchev–Trinajstić information content (AvgIpc) is 3.01. The van der Waals surface area contributed by atoms with Gasteiger partial charge >= 0.3 is 6.18 Å². The van der Waals surface area contributed by atoms with Gasteiger partial charge in [-0.15, -0.1) is 0 Å². The summed E-state index contributed by atoms with van der Waals surface area (Å²) in [6, 6.07) is 9.49. The lowest BCUT2D eigenvalue weighted by molar-refractivity contribution is -0.138. The highest BCUT2D eigenvalue weighted by atomic mass is 19.4. The number of hydrogen-bond donors (Lipinski definition) is 1. The Labute approximate surface area is 178 Å². The monoisotopic (exact) mass is 432 g/mol. The minimum atomic E-state index is -4.54. The minimum Gasteiger partial charge on any atom is -0.481 e. The summed E-state index contributed by atoms with van der Waals surface area (Å²) in [5.41, 5.74) is 3.40. The maximum Gasteiger partial charge on any atom is 0.416 e. The smallest absolute Gasteiger partial charge is 0.416 e. The van der Waals surface area contributed by atoms with Gasteiger partial charge < -0.3 is 9.64 Å². The van der Waals surface area contributed by atoms with Crippen molar-refractivity contribution in [2.24, 2.45) is 0 Å². The zero-order chi connectivity index (χ0) is 22.6. The first-order chi connectivity index (χ1) is 14.6. The average molecular weight is 432 g/mol. The largest absolute Gasteiger partial charge is 0.481 e. The van der Waals surface area contributed by atoms with Crippen LogP contribution in [0, 0.1) is 6.92 Å². The highest BCUT2D eigenvalue weighted by Crippen LogP contribution is 2.48. The summed E-state index contributed by atoms with van der Waals surface area (Å²) >= 11 is 0. The summed E-state index contributed by atoms with van der Waals surface area (Å²) in [5, 5.41) is 0. The minimum absolute atomic E-state index is 0.00458. The van der Waals surface area contributed by atoms with Crippen LogP contribution in [0.3, 0.4) is 0 Å². The molecule has 1 amide bonds. The molecule has 8 heteroatoms. The van der Waals surface area contributed by atoms with E-state index in [1.54, 1.807) is 32.9 Å². The maximum absolute atomic E-state index is 13.7. The summed E-state index contributed by atoms with van der Waals surface area (Å²) < 4.78 is 47.1. The van der Waals surface area contributed by atoms with Crippen LogP contribution in [0.4, 0.5) is 13.2 Å². The van der Waals surface area contributed by atoms with Crippen LogP contribution < -0.4 is 10.2 Å². The van der Waals surface area contributed by atoms with E-state index in [1.165, 1.54) is 17.9 Å². The van der Waals surface area contributed by atoms with Gasteiger partial charge in [0.1, 0.15) is 17.0 Å². The van der Waals surface area contributed by atoms with Gasteiger partial charge in [0, 0.05) is 11.1 Å². The van der Waals surface area contributed by atoms with Gasteiger partial charge in [-0.3, -0.25) is 15.1 Å². The predicted octanol–water partition coefficient (Wildman–Crippen LogP) is 5.05. The molecule has 2 aromatic carbocycles. The van der Waals surface area contributed by atoms with Gasteiger partial charge in [0.05, 0.1) is 24.4 Å². The lowest BCUT2D eigenvalue weighted by Crippen LogP contribution is -2.44. The molecule has 31 heavy (non-hydrogen) atoms. The number of fused-ring (bicyclic) bond motifs is 2. The number of amides is 1. The Morgan fingerprint density at radius 3 is 2.55 bits per heavy atom. The van der Waals surface area contributed by atoms with Crippen molar-refractivity contribution < 1.29 is 27.5 Å². The van der Waals surface area contributed by atoms with E-state index in [-0.39, 0.29) is 29.3 Å². The summed E-state index contributed by atoms with van der Waals surface area (Å²) in [4.78, 5) is 20.2. The van der Waals surface area contributed by atoms with Crippen molar-refractivity contribution in [2.75, 3.05) is 6.61 Å². The van der Waals surface area contributed by atoms with Crippen LogP contribution in [0.25, 0.3) is 5.70 Å². The molecule has 4 rings (SSSR count). The van der Waals surface area contributed by atoms with Gasteiger partial charge in [-0.05, 0) is 57.0 Å². The Hall–Kier alpha value is -3.00. The van der Waals surface area contributed by atoms with Crippen LogP contribution in [0.15, 0.2) is 42.1 Å². The molecule has 2 aliphatic heterocycles. The normalized spacial score (nSPS) is 17.4. The number of rotatable bonds is 4. The molecule has 2 aliphatic rings. The molecule has 0 saturated heterocycles. The highest BCUT2D eigenvalue weighted by molar-refractivity contribution is 6.04. The number of benzene rings is 2. The summed E-state index contributed by atoms with van der Waals surface area (Å²) in [6.45, 7) is 7.29. The number of nitrogens with zero attached hydrogens (tertiary/aromatic N) is 1. The Balaban J connectivity index is 1.98. The standard InChI is InChI=1S/C23H23F3N2O3/c1-5-30-27-20-19(28-12-14-8-6-7-9-15(14)21(28)29)18-13(2)16(23(24,25)26)10-11-17(18)31-22(20,3)4/h6-11,27H,5,12H2,1-4H3. The van der Waals surface area contributed by atoms with Crippen molar-refractivity contribution >= 4 is 11.6 Å². The molecule has 0 radical (unpaired) electrons. The lowest BCUT2D eigenvalue weighted by Gasteiger charge is -2.40. The van der Waals surface area contributed by atoms with Crippen molar-refractivity contribution in [3.63, 3.8) is 0 Å². The predicted molar refractivity (Wildman–Crippen MR) is 109 cm³/mol. The number of alkyl halides is 3. The number of carbonyl (C=O) groups excluding carboxylic acids is 1. The van der Waals surface area contributed by atoms with Crippen LogP contribution in [0.1, 0.15) is 53.4 Å². The number of halogens is 3. The topological polar surface area (TPSA) is 50.8 Å². The first-order valence-corrected chi connectivity index (χ1v) is 9.98. The fourth-order valence-corrected chi connectivity index (χ4v) is 4.13. The third kappa shape index (κ3) is 3.44. The fourth-order valence-electron chi connectivity index (χ4n) is 4.13. The molecule has 1 N–H and O–H groups in total. The molecular weight excluding hydrogens is 409 g/mol. The Morgan fingerprint density at radius 1 is 1.19 bits per heavy atom. The first kappa shape index (κ1) is 21.2. The van der Waals surface area contributed by atoms with Crippen LogP contribution in [0.2, 0.25) is 0 Å². The molecular formula is C23H23F3N2O3. The first-order valence-electron chi connectivity index (χ1n) is 9.98. The highest BCUT2D eigenvalue weighted by Gasteiger charge is 2.44. The van der Waals surface area contributed by atoms with E-state index in [2.05, 4.69) is 5.48 Å². The Morgan fingerprint density at radius 2 is 1.90 bits per heavy atom. The molecule has 0 fully saturated rings. The molecule has 0 spiro atoms. The fraction of sp³-hybridized carbons (Fsp3) is 0.348. The van der Waals surface area contributed by atoms with Crippen LogP contribution in [0.5, 0.6) is 5.75 Å². The third-order valence-electron chi connectivity index (χ3n) is 5.58. The van der Waals surface area contributed by atoms with Crippen molar-refractivity contribution in [2.45, 2.75) is 46.0 Å². The van der Waals surface area contributed by atoms with Gasteiger partial charge in [-0.1, -0.05) is 18.2 Å². The molecule has 0 atom stereocenters. The van der Waals surface area contributed by atoms with Crippen molar-refractivity contribution in [1.82, 2.24) is 10.4 Å². The van der Waals surface area contributed by atoms with E-state index in [1.807, 2.05) is 12.1 Å². The zero-order valence-electron chi connectivity index (χ0n) is 17.7. The van der Waals surface area contributed by atoms with Crippen LogP contribution in [-0.4, -0.2) is 23.0 Å². The van der Waals surface area contributed by atoms with E-state index in [4.69, 9.17) is 9.57 Å². The van der Waals surface area contributed by atoms with Crippen LogP contribution in [-0.2, 0) is 17.6 Å². The molecule has 0 unspecified atom stereocenters. The van der Waals surface area contributed by atoms with E-state index >= 15 is 0 Å². The van der Waals surface area contributed by atoms with Crippen molar-refractivity contribution in [3.05, 3.63) is 69.9 Å². The van der Waals surface area contributed by atoms with Gasteiger partial charge in [0.15, 0.2) is 0 Å². The van der Waals surface area contributed by atoms with E-state index < -0.39 is 17.3 Å². The van der Waals surface area contributed by atoms with Crippen molar-refractivity contribution in [1.29, 1.82) is 0 Å². The molecule has 2 heterocycles. The molecule has 0 aliphatic carbocycles. The van der Waals surface area contributed by atoms with Crippen molar-refractivity contribution in [3.8, 4) is 5.75 Å². The molecule has 164 valence electrons. The number of carbonyl (C=O) groups is 1. The summed E-state index contributed by atoms with van der Waals surface area (Å²) in [5.74, 6) is 0.0122. The number of hydroxylamine groups is 1. The summed E-state index contributed by atoms with van der Waals surface area (Å²) in [6.07, 6.45) is -4.54. The van der Waals surface area contributed by atoms with Gasteiger partial charge in [-0.25, -0.2) is 0 Å². The second kappa shape index (κ2) is 7.30. The molecule has 0 bridgehead atoms. The number of hydrogen-bond acceptors (Lipinski definition) is 4. The lowest BCUT2D eigenvalue weighted by atomic mass is 9.89. The molecule has 5 nitrogen and oxygen atoms in total. The molecule has 2 aromatic rings. The van der Waals surface area contributed by atoms with Gasteiger partial charge in [0.2, 0.25) is 0 Å². The zero-order valence-corrected chi connectivity index (χ0v) is 17.7. The second-order valence-corrected chi connectivity index (χ2v) is 8.03. The third-order valence-corrected chi connectivity index (χ3v) is 5.58. The molecule has 0 aromatic heterocycles.